The van der Waals surface area contributed by atoms with Crippen molar-refractivity contribution in [3.05, 3.63) is 56.7 Å². The lowest BCUT2D eigenvalue weighted by Gasteiger charge is -2.17. The fourth-order valence-corrected chi connectivity index (χ4v) is 2.30. The number of nitrogens with zero attached hydrogens (tertiary/aromatic N) is 2. The zero-order valence-corrected chi connectivity index (χ0v) is 12.8. The van der Waals surface area contributed by atoms with Crippen LogP contribution in [0.3, 0.4) is 0 Å². The van der Waals surface area contributed by atoms with Crippen molar-refractivity contribution >= 4 is 21.6 Å². The van der Waals surface area contributed by atoms with E-state index in [9.17, 15) is 9.18 Å². The van der Waals surface area contributed by atoms with Crippen molar-refractivity contribution < 1.29 is 4.39 Å². The van der Waals surface area contributed by atoms with E-state index in [4.69, 9.17) is 0 Å². The summed E-state index contributed by atoms with van der Waals surface area (Å²) in [4.78, 5) is 11.9. The fraction of sp³-hybridized carbons (Fsp3) is 0.286. The van der Waals surface area contributed by atoms with Crippen LogP contribution in [0.15, 0.2) is 39.7 Å². The highest BCUT2D eigenvalue weighted by molar-refractivity contribution is 9.10. The monoisotopic (exact) mass is 339 g/mol. The van der Waals surface area contributed by atoms with E-state index in [0.717, 1.165) is 5.56 Å². The number of rotatable bonds is 4. The number of hydrogen-bond donors (Lipinski definition) is 1. The van der Waals surface area contributed by atoms with Crippen molar-refractivity contribution in [2.24, 2.45) is 0 Å². The van der Waals surface area contributed by atoms with E-state index >= 15 is 0 Å². The van der Waals surface area contributed by atoms with Crippen molar-refractivity contribution in [1.82, 2.24) is 9.78 Å². The van der Waals surface area contributed by atoms with Gasteiger partial charge in [0.15, 0.2) is 0 Å². The van der Waals surface area contributed by atoms with Gasteiger partial charge in [0.05, 0.1) is 11.9 Å². The second-order valence-corrected chi connectivity index (χ2v) is 5.21. The number of halogens is 2. The van der Waals surface area contributed by atoms with E-state index < -0.39 is 0 Å². The van der Waals surface area contributed by atoms with E-state index in [1.807, 2.05) is 19.9 Å². The van der Waals surface area contributed by atoms with Crippen LogP contribution in [0.4, 0.5) is 10.1 Å². The molecule has 1 atom stereocenters. The number of nitrogens with one attached hydrogen (secondary N) is 1. The first-order valence-corrected chi connectivity index (χ1v) is 7.09. The Morgan fingerprint density at radius 2 is 2.25 bits per heavy atom. The van der Waals surface area contributed by atoms with Crippen molar-refractivity contribution in [2.45, 2.75) is 26.4 Å². The molecule has 2 aromatic rings. The Bertz CT molecular complexity index is 672. The van der Waals surface area contributed by atoms with Gasteiger partial charge < -0.3 is 5.32 Å². The van der Waals surface area contributed by atoms with Crippen LogP contribution >= 0.6 is 15.9 Å². The van der Waals surface area contributed by atoms with Crippen LogP contribution < -0.4 is 10.9 Å². The van der Waals surface area contributed by atoms with Gasteiger partial charge >= 0.3 is 0 Å². The molecule has 0 aliphatic rings. The Hall–Kier alpha value is -1.69. The summed E-state index contributed by atoms with van der Waals surface area (Å²) in [5.41, 5.74) is 1.21. The smallest absolute Gasteiger partial charge is 0.283 e. The van der Waals surface area contributed by atoms with Gasteiger partial charge in [-0.25, -0.2) is 9.07 Å². The second-order valence-electron chi connectivity index (χ2n) is 4.41. The molecule has 1 aromatic carbocycles. The Morgan fingerprint density at radius 1 is 1.50 bits per heavy atom. The van der Waals surface area contributed by atoms with Gasteiger partial charge in [0.25, 0.3) is 5.56 Å². The molecule has 106 valence electrons. The first-order valence-electron chi connectivity index (χ1n) is 6.30. The molecule has 0 saturated carbocycles. The quantitative estimate of drug-likeness (QED) is 0.929. The predicted molar refractivity (Wildman–Crippen MR) is 80.3 cm³/mol. The van der Waals surface area contributed by atoms with E-state index in [2.05, 4.69) is 26.3 Å². The fourth-order valence-electron chi connectivity index (χ4n) is 1.88. The number of aryl methyl sites for hydroxylation is 1. The van der Waals surface area contributed by atoms with Crippen LogP contribution in [-0.2, 0) is 6.54 Å². The Labute approximate surface area is 124 Å². The summed E-state index contributed by atoms with van der Waals surface area (Å²) in [6, 6.07) is 6.21. The first-order chi connectivity index (χ1) is 9.52. The summed E-state index contributed by atoms with van der Waals surface area (Å²) in [5.74, 6) is -0.283. The molecule has 0 bridgehead atoms. The minimum Gasteiger partial charge on any atom is -0.376 e. The lowest BCUT2D eigenvalue weighted by Crippen LogP contribution is -2.24. The van der Waals surface area contributed by atoms with Crippen LogP contribution in [-0.4, -0.2) is 9.78 Å². The molecule has 0 spiro atoms. The van der Waals surface area contributed by atoms with Crippen LogP contribution in [0.25, 0.3) is 0 Å². The number of aromatic nitrogens is 2. The summed E-state index contributed by atoms with van der Waals surface area (Å²) in [5, 5.41) is 7.22. The third kappa shape index (κ3) is 3.07. The molecule has 1 unspecified atom stereocenters. The Balaban J connectivity index is 2.26. The van der Waals surface area contributed by atoms with Crippen molar-refractivity contribution in [2.75, 3.05) is 5.32 Å². The van der Waals surface area contributed by atoms with Gasteiger partial charge in [0.2, 0.25) is 0 Å². The van der Waals surface area contributed by atoms with Crippen LogP contribution in [0, 0.1) is 5.82 Å². The maximum atomic E-state index is 13.2. The van der Waals surface area contributed by atoms with Crippen molar-refractivity contribution in [3.63, 3.8) is 0 Å². The molecule has 2 rings (SSSR count). The highest BCUT2D eigenvalue weighted by Gasteiger charge is 2.12. The normalized spacial score (nSPS) is 12.2. The average molecular weight is 340 g/mol. The van der Waals surface area contributed by atoms with E-state index in [1.54, 1.807) is 12.3 Å². The Kier molecular flexibility index (Phi) is 4.54. The maximum Gasteiger partial charge on any atom is 0.283 e. The summed E-state index contributed by atoms with van der Waals surface area (Å²) in [6.07, 6.45) is 1.59. The van der Waals surface area contributed by atoms with Gasteiger partial charge in [-0.1, -0.05) is 12.1 Å². The molecular formula is C14H15BrFN3O. The molecule has 20 heavy (non-hydrogen) atoms. The van der Waals surface area contributed by atoms with Crippen LogP contribution in [0.1, 0.15) is 25.5 Å². The SMILES string of the molecule is CCn1ncc(NC(C)c2cccc(F)c2)c(Br)c1=O. The van der Waals surface area contributed by atoms with Gasteiger partial charge in [-0.15, -0.1) is 0 Å². The summed E-state index contributed by atoms with van der Waals surface area (Å²) >= 11 is 3.28. The number of anilines is 1. The topological polar surface area (TPSA) is 46.9 Å². The molecule has 0 amide bonds. The molecule has 0 saturated heterocycles. The van der Waals surface area contributed by atoms with Crippen molar-refractivity contribution in [3.8, 4) is 0 Å². The van der Waals surface area contributed by atoms with E-state index in [0.29, 0.717) is 16.7 Å². The van der Waals surface area contributed by atoms with E-state index in [1.165, 1.54) is 16.8 Å². The molecule has 0 radical (unpaired) electrons. The molecule has 1 heterocycles. The van der Waals surface area contributed by atoms with Crippen molar-refractivity contribution in [1.29, 1.82) is 0 Å². The van der Waals surface area contributed by atoms with Gasteiger partial charge in [0.1, 0.15) is 10.3 Å². The summed E-state index contributed by atoms with van der Waals surface area (Å²) < 4.78 is 15.0. The van der Waals surface area contributed by atoms with Crippen LogP contribution in [0.2, 0.25) is 0 Å². The molecule has 6 heteroatoms. The second kappa shape index (κ2) is 6.17. The maximum absolute atomic E-state index is 13.2. The zero-order valence-electron chi connectivity index (χ0n) is 11.2. The number of benzene rings is 1. The average Bonchev–Trinajstić information content (AvgIpc) is 2.44. The molecule has 4 nitrogen and oxygen atoms in total. The molecule has 1 aromatic heterocycles. The lowest BCUT2D eigenvalue weighted by molar-refractivity contribution is 0.611. The minimum absolute atomic E-state index is 0.138. The lowest BCUT2D eigenvalue weighted by atomic mass is 10.1. The molecule has 0 aliphatic heterocycles. The zero-order chi connectivity index (χ0) is 14.7. The van der Waals surface area contributed by atoms with Gasteiger partial charge in [-0.05, 0) is 47.5 Å². The highest BCUT2D eigenvalue weighted by Crippen LogP contribution is 2.23. The molecule has 0 fully saturated rings. The highest BCUT2D eigenvalue weighted by atomic mass is 79.9. The third-order valence-electron chi connectivity index (χ3n) is 3.01. The van der Waals surface area contributed by atoms with Gasteiger partial charge in [0, 0.05) is 12.6 Å². The molecule has 0 aliphatic carbocycles. The summed E-state index contributed by atoms with van der Waals surface area (Å²) in [7, 11) is 0. The first kappa shape index (κ1) is 14.7. The summed E-state index contributed by atoms with van der Waals surface area (Å²) in [6.45, 7) is 4.26. The van der Waals surface area contributed by atoms with Gasteiger partial charge in [-0.2, -0.15) is 5.10 Å². The largest absolute Gasteiger partial charge is 0.376 e. The Morgan fingerprint density at radius 3 is 2.90 bits per heavy atom. The van der Waals surface area contributed by atoms with Gasteiger partial charge in [-0.3, -0.25) is 4.79 Å². The standard InChI is InChI=1S/C14H15BrFN3O/c1-3-19-14(20)13(15)12(8-17-19)18-9(2)10-5-4-6-11(16)7-10/h4-9,18H,3H2,1-2H3. The minimum atomic E-state index is -0.283. The van der Waals surface area contributed by atoms with E-state index in [-0.39, 0.29) is 17.4 Å². The number of hydrogen-bond acceptors (Lipinski definition) is 3. The predicted octanol–water partition coefficient (Wildman–Crippen LogP) is 3.34. The van der Waals surface area contributed by atoms with Crippen LogP contribution in [0.5, 0.6) is 0 Å². The molecular weight excluding hydrogens is 325 g/mol. The third-order valence-corrected chi connectivity index (χ3v) is 3.77. The molecule has 1 N–H and O–H groups in total.